The molecule has 0 aliphatic carbocycles. The van der Waals surface area contributed by atoms with Gasteiger partial charge in [-0.15, -0.1) is 0 Å². The molecule has 0 radical (unpaired) electrons. The Morgan fingerprint density at radius 1 is 0.842 bits per heavy atom. The molecule has 0 aromatic heterocycles. The van der Waals surface area contributed by atoms with Gasteiger partial charge >= 0.3 is 0 Å². The van der Waals surface area contributed by atoms with Gasteiger partial charge in [-0.05, 0) is 61.0 Å². The third-order valence-electron chi connectivity index (χ3n) is 5.66. The van der Waals surface area contributed by atoms with Gasteiger partial charge in [-0.25, -0.2) is 13.8 Å². The molecule has 3 aromatic rings. The number of benzene rings is 3. The second kappa shape index (κ2) is 12.8. The molecule has 1 N–H and O–H groups in total. The van der Waals surface area contributed by atoms with E-state index < -0.39 is 22.5 Å². The third kappa shape index (κ3) is 6.35. The van der Waals surface area contributed by atoms with Crippen molar-refractivity contribution in [2.45, 2.75) is 18.2 Å². The highest BCUT2D eigenvalue weighted by Crippen LogP contribution is 2.32. The number of hydrazone groups is 1. The fourth-order valence-corrected chi connectivity index (χ4v) is 5.10. The number of rotatable bonds is 12. The molecule has 202 valence electrons. The van der Waals surface area contributed by atoms with Crippen molar-refractivity contribution in [2.24, 2.45) is 5.10 Å². The second-order valence-electron chi connectivity index (χ2n) is 7.88. The highest BCUT2D eigenvalue weighted by Gasteiger charge is 2.29. The van der Waals surface area contributed by atoms with E-state index in [0.29, 0.717) is 35.1 Å². The molecule has 0 aliphatic heterocycles. The molecule has 3 rings (SSSR count). The fourth-order valence-electron chi connectivity index (χ4n) is 3.67. The van der Waals surface area contributed by atoms with Crippen molar-refractivity contribution >= 4 is 27.3 Å². The van der Waals surface area contributed by atoms with Crippen LogP contribution in [-0.2, 0) is 14.8 Å². The molecular weight excluding hydrogens is 510 g/mol. The molecule has 0 bridgehead atoms. The molecule has 0 saturated heterocycles. The first-order valence-corrected chi connectivity index (χ1v) is 13.1. The van der Waals surface area contributed by atoms with Gasteiger partial charge in [0.25, 0.3) is 15.9 Å². The number of methoxy groups -OCH3 is 4. The van der Waals surface area contributed by atoms with E-state index in [0.717, 1.165) is 9.87 Å². The molecule has 0 fully saturated rings. The molecule has 1 amide bonds. The van der Waals surface area contributed by atoms with Crippen LogP contribution in [0.3, 0.4) is 0 Å². The SMILES string of the molecule is CC/C(=N/NC(=O)CN(c1ccccc1OC)S(=O)(=O)c1ccc(OC)cc1)c1ccc(OC)c(OC)c1. The number of anilines is 1. The highest BCUT2D eigenvalue weighted by molar-refractivity contribution is 7.92. The number of carbonyl (C=O) groups is 1. The summed E-state index contributed by atoms with van der Waals surface area (Å²) in [4.78, 5) is 13.0. The Morgan fingerprint density at radius 3 is 2.11 bits per heavy atom. The van der Waals surface area contributed by atoms with Crippen molar-refractivity contribution in [3.05, 3.63) is 72.3 Å². The van der Waals surface area contributed by atoms with E-state index in [1.807, 2.05) is 6.92 Å². The number of nitrogens with one attached hydrogen (secondary N) is 1. The Bertz CT molecular complexity index is 1390. The predicted molar refractivity (Wildman–Crippen MR) is 145 cm³/mol. The molecule has 0 saturated carbocycles. The molecule has 0 unspecified atom stereocenters. The van der Waals surface area contributed by atoms with Gasteiger partial charge < -0.3 is 18.9 Å². The van der Waals surface area contributed by atoms with Crippen LogP contribution in [0.5, 0.6) is 23.0 Å². The summed E-state index contributed by atoms with van der Waals surface area (Å²) in [6.45, 7) is 1.35. The largest absolute Gasteiger partial charge is 0.497 e. The minimum Gasteiger partial charge on any atom is -0.497 e. The van der Waals surface area contributed by atoms with E-state index in [-0.39, 0.29) is 10.6 Å². The zero-order valence-electron chi connectivity index (χ0n) is 21.9. The Kier molecular flexibility index (Phi) is 9.55. The van der Waals surface area contributed by atoms with E-state index in [2.05, 4.69) is 10.5 Å². The molecular formula is C27H31N3O7S. The van der Waals surface area contributed by atoms with Crippen molar-refractivity contribution in [1.29, 1.82) is 0 Å². The predicted octanol–water partition coefficient (Wildman–Crippen LogP) is 3.85. The molecule has 0 aliphatic rings. The minimum absolute atomic E-state index is 0.0138. The summed E-state index contributed by atoms with van der Waals surface area (Å²) < 4.78 is 49.5. The maximum absolute atomic E-state index is 13.7. The van der Waals surface area contributed by atoms with Crippen LogP contribution in [0.15, 0.2) is 76.7 Å². The normalized spacial score (nSPS) is 11.4. The van der Waals surface area contributed by atoms with Crippen molar-refractivity contribution in [2.75, 3.05) is 39.3 Å². The van der Waals surface area contributed by atoms with Crippen LogP contribution in [0, 0.1) is 0 Å². The van der Waals surface area contributed by atoms with Crippen LogP contribution in [0.4, 0.5) is 5.69 Å². The van der Waals surface area contributed by atoms with Crippen LogP contribution >= 0.6 is 0 Å². The van der Waals surface area contributed by atoms with Crippen LogP contribution in [0.1, 0.15) is 18.9 Å². The number of hydrogen-bond donors (Lipinski definition) is 1. The Balaban J connectivity index is 1.93. The lowest BCUT2D eigenvalue weighted by atomic mass is 10.1. The summed E-state index contributed by atoms with van der Waals surface area (Å²) in [6, 6.07) is 17.8. The van der Waals surface area contributed by atoms with E-state index in [1.54, 1.807) is 49.6 Å². The number of ether oxygens (including phenoxy) is 4. The molecule has 38 heavy (non-hydrogen) atoms. The summed E-state index contributed by atoms with van der Waals surface area (Å²) in [5.41, 5.74) is 3.99. The minimum atomic E-state index is -4.16. The summed E-state index contributed by atoms with van der Waals surface area (Å²) in [6.07, 6.45) is 0.496. The molecule has 0 atom stereocenters. The van der Waals surface area contributed by atoms with E-state index in [4.69, 9.17) is 18.9 Å². The third-order valence-corrected chi connectivity index (χ3v) is 7.43. The summed E-state index contributed by atoms with van der Waals surface area (Å²) in [5.74, 6) is 1.24. The van der Waals surface area contributed by atoms with Crippen LogP contribution in [0.25, 0.3) is 0 Å². The Labute approximate surface area is 222 Å². The zero-order valence-corrected chi connectivity index (χ0v) is 22.7. The number of para-hydroxylation sites is 2. The lowest BCUT2D eigenvalue weighted by molar-refractivity contribution is -0.119. The van der Waals surface area contributed by atoms with Gasteiger partial charge in [0.15, 0.2) is 11.5 Å². The number of hydrogen-bond acceptors (Lipinski definition) is 8. The monoisotopic (exact) mass is 541 g/mol. The quantitative estimate of drug-likeness (QED) is 0.274. The maximum atomic E-state index is 13.7. The van der Waals surface area contributed by atoms with Gasteiger partial charge in [0.05, 0.1) is 44.7 Å². The summed E-state index contributed by atoms with van der Waals surface area (Å²) in [5, 5.41) is 4.26. The van der Waals surface area contributed by atoms with Gasteiger partial charge in [-0.3, -0.25) is 9.10 Å². The average Bonchev–Trinajstić information content (AvgIpc) is 2.95. The first-order valence-electron chi connectivity index (χ1n) is 11.7. The highest BCUT2D eigenvalue weighted by atomic mass is 32.2. The van der Waals surface area contributed by atoms with Crippen molar-refractivity contribution < 1.29 is 32.2 Å². The van der Waals surface area contributed by atoms with Gasteiger partial charge in [-0.2, -0.15) is 5.10 Å². The standard InChI is InChI=1S/C27H31N3O7S/c1-6-22(19-11-16-25(36-4)26(17-19)37-5)28-29-27(31)18-30(23-9-7-8-10-24(23)35-3)38(32,33)21-14-12-20(34-2)13-15-21/h7-17H,6,18H2,1-5H3,(H,29,31)/b28-22-. The number of nitrogens with zero attached hydrogens (tertiary/aromatic N) is 2. The second-order valence-corrected chi connectivity index (χ2v) is 9.74. The summed E-state index contributed by atoms with van der Waals surface area (Å²) in [7, 11) is 1.83. The Hall–Kier alpha value is -4.25. The topological polar surface area (TPSA) is 116 Å². The maximum Gasteiger partial charge on any atom is 0.264 e. The van der Waals surface area contributed by atoms with Crippen LogP contribution in [-0.4, -0.2) is 55.0 Å². The van der Waals surface area contributed by atoms with Crippen molar-refractivity contribution in [3.63, 3.8) is 0 Å². The first-order chi connectivity index (χ1) is 18.3. The fraction of sp³-hybridized carbons (Fsp3) is 0.259. The number of amides is 1. The van der Waals surface area contributed by atoms with Crippen molar-refractivity contribution in [3.8, 4) is 23.0 Å². The molecule has 0 heterocycles. The van der Waals surface area contributed by atoms with Crippen LogP contribution < -0.4 is 28.7 Å². The number of carbonyl (C=O) groups excluding carboxylic acids is 1. The van der Waals surface area contributed by atoms with Gasteiger partial charge in [-0.1, -0.05) is 19.1 Å². The van der Waals surface area contributed by atoms with E-state index in [1.165, 1.54) is 45.6 Å². The molecule has 0 spiro atoms. The lowest BCUT2D eigenvalue weighted by Gasteiger charge is -2.25. The smallest absolute Gasteiger partial charge is 0.264 e. The molecule has 10 nitrogen and oxygen atoms in total. The van der Waals surface area contributed by atoms with Crippen LogP contribution in [0.2, 0.25) is 0 Å². The zero-order chi connectivity index (χ0) is 27.7. The van der Waals surface area contributed by atoms with Gasteiger partial charge in [0.2, 0.25) is 0 Å². The van der Waals surface area contributed by atoms with Crippen molar-refractivity contribution in [1.82, 2.24) is 5.43 Å². The Morgan fingerprint density at radius 2 is 1.50 bits per heavy atom. The van der Waals surface area contributed by atoms with E-state index >= 15 is 0 Å². The van der Waals surface area contributed by atoms with Gasteiger partial charge in [0, 0.05) is 5.56 Å². The molecule has 11 heteroatoms. The average molecular weight is 542 g/mol. The molecule has 3 aromatic carbocycles. The lowest BCUT2D eigenvalue weighted by Crippen LogP contribution is -2.40. The first kappa shape index (κ1) is 28.3. The van der Waals surface area contributed by atoms with Gasteiger partial charge in [0.1, 0.15) is 18.0 Å². The van der Waals surface area contributed by atoms with E-state index in [9.17, 15) is 13.2 Å². The summed E-state index contributed by atoms with van der Waals surface area (Å²) >= 11 is 0. The number of sulfonamides is 1.